The van der Waals surface area contributed by atoms with E-state index in [0.717, 1.165) is 6.42 Å². The molecular formula is C14H19N3O. The lowest BCUT2D eigenvalue weighted by Gasteiger charge is -2.07. The van der Waals surface area contributed by atoms with Gasteiger partial charge in [0.25, 0.3) is 0 Å². The van der Waals surface area contributed by atoms with Crippen LogP contribution in [0.2, 0.25) is 0 Å². The summed E-state index contributed by atoms with van der Waals surface area (Å²) in [5.41, 5.74) is 1.18. The number of rotatable bonds is 6. The Labute approximate surface area is 107 Å². The molecule has 0 radical (unpaired) electrons. The van der Waals surface area contributed by atoms with E-state index in [1.165, 1.54) is 5.56 Å². The summed E-state index contributed by atoms with van der Waals surface area (Å²) in [7, 11) is 0. The molecule has 96 valence electrons. The quantitative estimate of drug-likeness (QED) is 0.849. The van der Waals surface area contributed by atoms with Gasteiger partial charge in [0, 0.05) is 6.04 Å². The first-order chi connectivity index (χ1) is 8.78. The fourth-order valence-electron chi connectivity index (χ4n) is 1.61. The predicted molar refractivity (Wildman–Crippen MR) is 70.1 cm³/mol. The van der Waals surface area contributed by atoms with E-state index in [4.69, 9.17) is 4.42 Å². The zero-order valence-corrected chi connectivity index (χ0v) is 10.9. The summed E-state index contributed by atoms with van der Waals surface area (Å²) in [6, 6.07) is 10.6. The minimum absolute atomic E-state index is 0.467. The Morgan fingerprint density at radius 2 is 1.89 bits per heavy atom. The van der Waals surface area contributed by atoms with Crippen molar-refractivity contribution < 1.29 is 4.42 Å². The maximum atomic E-state index is 5.60. The molecule has 18 heavy (non-hydrogen) atoms. The minimum Gasteiger partial charge on any atom is -0.424 e. The standard InChI is InChI=1S/C14H19N3O/c1-3-11(2)15-10-14-17-16-13(18-14)9-12-7-5-4-6-8-12/h4-8,11,15H,3,9-10H2,1-2H3. The van der Waals surface area contributed by atoms with Gasteiger partial charge in [0.1, 0.15) is 0 Å². The van der Waals surface area contributed by atoms with Crippen LogP contribution in [-0.2, 0) is 13.0 Å². The Morgan fingerprint density at radius 1 is 1.17 bits per heavy atom. The number of hydrogen-bond acceptors (Lipinski definition) is 4. The van der Waals surface area contributed by atoms with Crippen LogP contribution in [0.1, 0.15) is 37.6 Å². The molecule has 1 aromatic carbocycles. The third-order valence-electron chi connectivity index (χ3n) is 2.92. The number of benzene rings is 1. The van der Waals surface area contributed by atoms with Gasteiger partial charge in [0.2, 0.25) is 11.8 Å². The summed E-state index contributed by atoms with van der Waals surface area (Å²) in [4.78, 5) is 0. The molecule has 0 amide bonds. The molecule has 0 saturated carbocycles. The Morgan fingerprint density at radius 3 is 2.61 bits per heavy atom. The van der Waals surface area contributed by atoms with Crippen LogP contribution in [0.15, 0.2) is 34.7 Å². The van der Waals surface area contributed by atoms with E-state index in [-0.39, 0.29) is 0 Å². The van der Waals surface area contributed by atoms with E-state index in [9.17, 15) is 0 Å². The fraction of sp³-hybridized carbons (Fsp3) is 0.429. The summed E-state index contributed by atoms with van der Waals surface area (Å²) < 4.78 is 5.60. The van der Waals surface area contributed by atoms with E-state index < -0.39 is 0 Å². The van der Waals surface area contributed by atoms with Gasteiger partial charge in [0.15, 0.2) is 0 Å². The predicted octanol–water partition coefficient (Wildman–Crippen LogP) is 2.55. The maximum Gasteiger partial charge on any atom is 0.230 e. The molecule has 4 nitrogen and oxygen atoms in total. The molecule has 1 heterocycles. The monoisotopic (exact) mass is 245 g/mol. The van der Waals surface area contributed by atoms with E-state index in [0.29, 0.717) is 30.8 Å². The molecule has 4 heteroatoms. The SMILES string of the molecule is CCC(C)NCc1nnc(Cc2ccccc2)o1. The van der Waals surface area contributed by atoms with Crippen molar-refractivity contribution in [3.63, 3.8) is 0 Å². The maximum absolute atomic E-state index is 5.60. The van der Waals surface area contributed by atoms with Gasteiger partial charge in [-0.25, -0.2) is 0 Å². The van der Waals surface area contributed by atoms with E-state index >= 15 is 0 Å². The van der Waals surface area contributed by atoms with Crippen molar-refractivity contribution in [2.24, 2.45) is 0 Å². The lowest BCUT2D eigenvalue weighted by Crippen LogP contribution is -2.24. The van der Waals surface area contributed by atoms with Gasteiger partial charge in [-0.05, 0) is 18.9 Å². The molecule has 1 atom stereocenters. The average Bonchev–Trinajstić information content (AvgIpc) is 2.85. The van der Waals surface area contributed by atoms with Gasteiger partial charge in [0.05, 0.1) is 13.0 Å². The van der Waals surface area contributed by atoms with Crippen molar-refractivity contribution in [1.82, 2.24) is 15.5 Å². The van der Waals surface area contributed by atoms with Crippen molar-refractivity contribution in [2.75, 3.05) is 0 Å². The molecule has 2 aromatic rings. The summed E-state index contributed by atoms with van der Waals surface area (Å²) in [5, 5.41) is 11.4. The van der Waals surface area contributed by atoms with Crippen LogP contribution in [0, 0.1) is 0 Å². The Bertz CT molecular complexity index is 467. The highest BCUT2D eigenvalue weighted by Gasteiger charge is 2.07. The highest BCUT2D eigenvalue weighted by molar-refractivity contribution is 5.17. The number of hydrogen-bond donors (Lipinski definition) is 1. The van der Waals surface area contributed by atoms with Crippen molar-refractivity contribution >= 4 is 0 Å². The molecule has 0 aliphatic carbocycles. The van der Waals surface area contributed by atoms with Crippen molar-refractivity contribution in [3.8, 4) is 0 Å². The normalized spacial score (nSPS) is 12.6. The topological polar surface area (TPSA) is 51.0 Å². The fourth-order valence-corrected chi connectivity index (χ4v) is 1.61. The van der Waals surface area contributed by atoms with Gasteiger partial charge in [-0.2, -0.15) is 0 Å². The molecule has 0 spiro atoms. The van der Waals surface area contributed by atoms with Crippen molar-refractivity contribution in [1.29, 1.82) is 0 Å². The molecule has 0 aliphatic rings. The van der Waals surface area contributed by atoms with Gasteiger partial charge in [-0.3, -0.25) is 0 Å². The van der Waals surface area contributed by atoms with E-state index in [1.807, 2.05) is 18.2 Å². The Balaban J connectivity index is 1.90. The number of aromatic nitrogens is 2. The average molecular weight is 245 g/mol. The molecule has 0 saturated heterocycles. The van der Waals surface area contributed by atoms with Crippen molar-refractivity contribution in [2.45, 2.75) is 39.3 Å². The molecular weight excluding hydrogens is 226 g/mol. The summed E-state index contributed by atoms with van der Waals surface area (Å²) in [5.74, 6) is 1.32. The summed E-state index contributed by atoms with van der Waals surface area (Å²) in [6.45, 7) is 4.92. The largest absolute Gasteiger partial charge is 0.424 e. The van der Waals surface area contributed by atoms with Crippen LogP contribution in [-0.4, -0.2) is 16.2 Å². The molecule has 1 N–H and O–H groups in total. The van der Waals surface area contributed by atoms with Gasteiger partial charge < -0.3 is 9.73 Å². The van der Waals surface area contributed by atoms with Crippen molar-refractivity contribution in [3.05, 3.63) is 47.7 Å². The lowest BCUT2D eigenvalue weighted by molar-refractivity contribution is 0.418. The number of nitrogens with zero attached hydrogens (tertiary/aromatic N) is 2. The smallest absolute Gasteiger partial charge is 0.230 e. The van der Waals surface area contributed by atoms with Crippen LogP contribution < -0.4 is 5.32 Å². The van der Waals surface area contributed by atoms with Crippen LogP contribution in [0.3, 0.4) is 0 Å². The second kappa shape index (κ2) is 6.31. The molecule has 1 unspecified atom stereocenters. The Hall–Kier alpha value is -1.68. The van der Waals surface area contributed by atoms with Crippen LogP contribution in [0.4, 0.5) is 0 Å². The summed E-state index contributed by atoms with van der Waals surface area (Å²) in [6.07, 6.45) is 1.78. The van der Waals surface area contributed by atoms with Gasteiger partial charge >= 0.3 is 0 Å². The van der Waals surface area contributed by atoms with Crippen LogP contribution in [0.25, 0.3) is 0 Å². The first kappa shape index (κ1) is 12.8. The molecule has 0 aliphatic heterocycles. The number of nitrogens with one attached hydrogen (secondary N) is 1. The molecule has 2 rings (SSSR count). The van der Waals surface area contributed by atoms with Crippen LogP contribution in [0.5, 0.6) is 0 Å². The molecule has 0 bridgehead atoms. The highest BCUT2D eigenvalue weighted by atomic mass is 16.4. The van der Waals surface area contributed by atoms with Gasteiger partial charge in [-0.15, -0.1) is 10.2 Å². The third-order valence-corrected chi connectivity index (χ3v) is 2.92. The molecule has 0 fully saturated rings. The third kappa shape index (κ3) is 3.67. The van der Waals surface area contributed by atoms with E-state index in [1.54, 1.807) is 0 Å². The van der Waals surface area contributed by atoms with E-state index in [2.05, 4.69) is 41.5 Å². The highest BCUT2D eigenvalue weighted by Crippen LogP contribution is 2.08. The lowest BCUT2D eigenvalue weighted by atomic mass is 10.2. The zero-order chi connectivity index (χ0) is 12.8. The first-order valence-corrected chi connectivity index (χ1v) is 6.36. The molecule has 1 aromatic heterocycles. The second-order valence-corrected chi connectivity index (χ2v) is 4.44. The first-order valence-electron chi connectivity index (χ1n) is 6.36. The van der Waals surface area contributed by atoms with Crippen LogP contribution >= 0.6 is 0 Å². The Kier molecular flexibility index (Phi) is 4.47. The van der Waals surface area contributed by atoms with Gasteiger partial charge in [-0.1, -0.05) is 37.3 Å². The summed E-state index contributed by atoms with van der Waals surface area (Å²) >= 11 is 0. The zero-order valence-electron chi connectivity index (χ0n) is 10.9. The minimum atomic E-state index is 0.467. The second-order valence-electron chi connectivity index (χ2n) is 4.44.